The van der Waals surface area contributed by atoms with Crippen LogP contribution in [0.3, 0.4) is 0 Å². The number of fused-ring (bicyclic) bond motifs is 1. The predicted molar refractivity (Wildman–Crippen MR) is 101 cm³/mol. The summed E-state index contributed by atoms with van der Waals surface area (Å²) >= 11 is 0. The van der Waals surface area contributed by atoms with Gasteiger partial charge in [-0.3, -0.25) is 4.31 Å². The molecule has 1 aliphatic rings. The van der Waals surface area contributed by atoms with E-state index in [0.29, 0.717) is 22.4 Å². The number of carbonyl (C=O) groups is 1. The van der Waals surface area contributed by atoms with Crippen molar-refractivity contribution in [1.29, 1.82) is 0 Å². The van der Waals surface area contributed by atoms with Crippen molar-refractivity contribution < 1.29 is 22.3 Å². The van der Waals surface area contributed by atoms with Gasteiger partial charge < -0.3 is 4.74 Å². The number of rotatable bonds is 3. The molecule has 142 valence electrons. The van der Waals surface area contributed by atoms with Gasteiger partial charge in [0, 0.05) is 18.2 Å². The average molecular weight is 390 g/mol. The standard InChI is InChI=1S/C19H19FN2O4S/c1-11(2)17-16(19(23)26-4)15(12-5-7-13(20)8-6-12)14-9-10-27(24,25)22(3)18(14)21-17/h5-11H,1-4H3. The lowest BCUT2D eigenvalue weighted by Crippen LogP contribution is -2.29. The van der Waals surface area contributed by atoms with Crippen LogP contribution in [0.25, 0.3) is 17.2 Å². The zero-order valence-corrected chi connectivity index (χ0v) is 16.2. The van der Waals surface area contributed by atoms with E-state index in [1.807, 2.05) is 13.8 Å². The summed E-state index contributed by atoms with van der Waals surface area (Å²) in [6.07, 6.45) is 1.41. The van der Waals surface area contributed by atoms with Crippen LogP contribution >= 0.6 is 0 Å². The second kappa shape index (κ2) is 6.77. The first-order valence-electron chi connectivity index (χ1n) is 8.26. The van der Waals surface area contributed by atoms with E-state index >= 15 is 0 Å². The molecule has 0 unspecified atom stereocenters. The Balaban J connectivity index is 2.47. The lowest BCUT2D eigenvalue weighted by Gasteiger charge is -2.27. The van der Waals surface area contributed by atoms with Crippen molar-refractivity contribution in [1.82, 2.24) is 4.98 Å². The van der Waals surface area contributed by atoms with Crippen LogP contribution in [0.5, 0.6) is 0 Å². The largest absolute Gasteiger partial charge is 0.465 e. The van der Waals surface area contributed by atoms with Crippen molar-refractivity contribution in [2.75, 3.05) is 18.5 Å². The van der Waals surface area contributed by atoms with E-state index in [4.69, 9.17) is 4.74 Å². The average Bonchev–Trinajstić information content (AvgIpc) is 2.63. The van der Waals surface area contributed by atoms with E-state index in [2.05, 4.69) is 4.98 Å². The Morgan fingerprint density at radius 1 is 1.22 bits per heavy atom. The molecular weight excluding hydrogens is 371 g/mol. The minimum atomic E-state index is -3.65. The maximum Gasteiger partial charge on any atom is 0.340 e. The van der Waals surface area contributed by atoms with E-state index in [9.17, 15) is 17.6 Å². The summed E-state index contributed by atoms with van der Waals surface area (Å²) in [6, 6.07) is 5.65. The highest BCUT2D eigenvalue weighted by Crippen LogP contribution is 2.40. The van der Waals surface area contributed by atoms with Gasteiger partial charge in [-0.15, -0.1) is 0 Å². The summed E-state index contributed by atoms with van der Waals surface area (Å²) in [5.74, 6) is -0.961. The molecule has 1 aromatic carbocycles. The number of hydrogen-bond acceptors (Lipinski definition) is 5. The van der Waals surface area contributed by atoms with Gasteiger partial charge >= 0.3 is 5.97 Å². The number of esters is 1. The number of sulfonamides is 1. The lowest BCUT2D eigenvalue weighted by atomic mass is 9.90. The molecule has 0 spiro atoms. The minimum Gasteiger partial charge on any atom is -0.465 e. The van der Waals surface area contributed by atoms with Crippen LogP contribution in [0.15, 0.2) is 29.7 Å². The van der Waals surface area contributed by atoms with Crippen LogP contribution in [0.1, 0.15) is 41.4 Å². The zero-order chi connectivity index (χ0) is 19.9. The Bertz CT molecular complexity index is 1040. The number of pyridine rings is 1. The van der Waals surface area contributed by atoms with Gasteiger partial charge in [-0.2, -0.15) is 0 Å². The molecule has 2 heterocycles. The van der Waals surface area contributed by atoms with Crippen molar-refractivity contribution in [2.45, 2.75) is 19.8 Å². The number of aromatic nitrogens is 1. The Kier molecular flexibility index (Phi) is 4.77. The third kappa shape index (κ3) is 3.21. The van der Waals surface area contributed by atoms with Crippen molar-refractivity contribution in [2.24, 2.45) is 0 Å². The number of benzene rings is 1. The van der Waals surface area contributed by atoms with E-state index in [0.717, 1.165) is 9.71 Å². The van der Waals surface area contributed by atoms with E-state index in [-0.39, 0.29) is 17.3 Å². The normalized spacial score (nSPS) is 15.0. The Labute approximate surface area is 157 Å². The first-order valence-corrected chi connectivity index (χ1v) is 9.77. The Morgan fingerprint density at radius 3 is 2.41 bits per heavy atom. The van der Waals surface area contributed by atoms with Crippen molar-refractivity contribution >= 4 is 27.9 Å². The molecule has 0 bridgehead atoms. The maximum absolute atomic E-state index is 13.4. The van der Waals surface area contributed by atoms with Gasteiger partial charge in [0.25, 0.3) is 10.0 Å². The Morgan fingerprint density at radius 2 is 1.85 bits per heavy atom. The number of carbonyl (C=O) groups excluding carboxylic acids is 1. The smallest absolute Gasteiger partial charge is 0.340 e. The summed E-state index contributed by atoms with van der Waals surface area (Å²) in [5.41, 5.74) is 2.15. The third-order valence-corrected chi connectivity index (χ3v) is 5.82. The topological polar surface area (TPSA) is 76.6 Å². The molecule has 0 atom stereocenters. The number of anilines is 1. The summed E-state index contributed by atoms with van der Waals surface area (Å²) in [6.45, 7) is 3.70. The molecule has 8 heteroatoms. The number of nitrogens with zero attached hydrogens (tertiary/aromatic N) is 2. The second-order valence-corrected chi connectivity index (χ2v) is 8.30. The second-order valence-electron chi connectivity index (χ2n) is 6.45. The van der Waals surface area contributed by atoms with Gasteiger partial charge in [0.15, 0.2) is 0 Å². The van der Waals surface area contributed by atoms with E-state index in [1.54, 1.807) is 12.1 Å². The summed E-state index contributed by atoms with van der Waals surface area (Å²) in [5, 5.41) is 1.06. The number of hydrogen-bond donors (Lipinski definition) is 0. The molecule has 3 rings (SSSR count). The van der Waals surface area contributed by atoms with Gasteiger partial charge in [-0.05, 0) is 29.7 Å². The monoisotopic (exact) mass is 390 g/mol. The molecular formula is C19H19FN2O4S. The lowest BCUT2D eigenvalue weighted by molar-refractivity contribution is 0.0599. The van der Waals surface area contributed by atoms with Gasteiger partial charge in [-0.25, -0.2) is 22.6 Å². The van der Waals surface area contributed by atoms with Crippen LogP contribution in [-0.4, -0.2) is 33.5 Å². The molecule has 27 heavy (non-hydrogen) atoms. The van der Waals surface area contributed by atoms with Gasteiger partial charge in [0.1, 0.15) is 11.6 Å². The van der Waals surface area contributed by atoms with Crippen molar-refractivity contribution in [3.8, 4) is 11.1 Å². The highest BCUT2D eigenvalue weighted by Gasteiger charge is 2.32. The molecule has 0 N–H and O–H groups in total. The van der Waals surface area contributed by atoms with Gasteiger partial charge in [0.05, 0.1) is 23.8 Å². The first kappa shape index (κ1) is 19.0. The van der Waals surface area contributed by atoms with Crippen LogP contribution in [-0.2, 0) is 14.8 Å². The van der Waals surface area contributed by atoms with Gasteiger partial charge in [-0.1, -0.05) is 26.0 Å². The highest BCUT2D eigenvalue weighted by molar-refractivity contribution is 7.95. The highest BCUT2D eigenvalue weighted by atomic mass is 32.2. The molecule has 1 aliphatic heterocycles. The molecule has 0 saturated heterocycles. The van der Waals surface area contributed by atoms with Crippen molar-refractivity contribution in [3.63, 3.8) is 0 Å². The maximum atomic E-state index is 13.4. The molecule has 6 nitrogen and oxygen atoms in total. The fourth-order valence-electron chi connectivity index (χ4n) is 3.01. The quantitative estimate of drug-likeness (QED) is 0.749. The molecule has 0 saturated carbocycles. The summed E-state index contributed by atoms with van der Waals surface area (Å²) in [7, 11) is -0.973. The molecule has 0 amide bonds. The van der Waals surface area contributed by atoms with Crippen LogP contribution in [0, 0.1) is 5.82 Å². The summed E-state index contributed by atoms with van der Waals surface area (Å²) < 4.78 is 44.0. The zero-order valence-electron chi connectivity index (χ0n) is 15.4. The third-order valence-electron chi connectivity index (χ3n) is 4.40. The molecule has 2 aromatic rings. The fraction of sp³-hybridized carbons (Fsp3) is 0.263. The van der Waals surface area contributed by atoms with Crippen LogP contribution in [0.4, 0.5) is 10.2 Å². The summed E-state index contributed by atoms with van der Waals surface area (Å²) in [4.78, 5) is 17.1. The molecule has 0 aliphatic carbocycles. The molecule has 0 fully saturated rings. The van der Waals surface area contributed by atoms with Crippen LogP contribution < -0.4 is 4.31 Å². The molecule has 1 aromatic heterocycles. The Hall–Kier alpha value is -2.74. The fourth-order valence-corrected chi connectivity index (χ4v) is 3.88. The number of halogens is 1. The first-order chi connectivity index (χ1) is 12.7. The SMILES string of the molecule is COC(=O)c1c(C(C)C)nc2c(c1-c1ccc(F)cc1)C=CS(=O)(=O)N2C. The molecule has 0 radical (unpaired) electrons. The number of ether oxygens (including phenoxy) is 1. The van der Waals surface area contributed by atoms with Crippen LogP contribution in [0.2, 0.25) is 0 Å². The number of methoxy groups -OCH3 is 1. The van der Waals surface area contributed by atoms with E-state index in [1.165, 1.54) is 32.4 Å². The van der Waals surface area contributed by atoms with Gasteiger partial charge in [0.2, 0.25) is 0 Å². The predicted octanol–water partition coefficient (Wildman–Crippen LogP) is 3.55. The van der Waals surface area contributed by atoms with Crippen molar-refractivity contribution in [3.05, 3.63) is 52.3 Å². The minimum absolute atomic E-state index is 0.175. The van der Waals surface area contributed by atoms with E-state index < -0.39 is 21.8 Å².